The number of nitrogens with zero attached hydrogens (tertiary/aromatic N) is 2. The van der Waals surface area contributed by atoms with Crippen molar-refractivity contribution in [1.82, 2.24) is 4.98 Å². The van der Waals surface area contributed by atoms with Crippen LogP contribution in [0.5, 0.6) is 5.75 Å². The first-order valence-corrected chi connectivity index (χ1v) is 7.95. The minimum Gasteiger partial charge on any atom is -0.497 e. The second kappa shape index (κ2) is 6.91. The molecule has 0 aliphatic heterocycles. The number of hydrogen-bond donors (Lipinski definition) is 0. The van der Waals surface area contributed by atoms with E-state index in [2.05, 4.69) is 11.1 Å². The number of nitriles is 1. The fourth-order valence-electron chi connectivity index (χ4n) is 2.18. The number of rotatable bonds is 4. The lowest BCUT2D eigenvalue weighted by molar-refractivity contribution is 0.414. The Kier molecular flexibility index (Phi) is 4.51. The van der Waals surface area contributed by atoms with Crippen LogP contribution in [0.15, 0.2) is 60.0 Å². The molecule has 23 heavy (non-hydrogen) atoms. The van der Waals surface area contributed by atoms with Crippen LogP contribution in [0.25, 0.3) is 22.9 Å². The summed E-state index contributed by atoms with van der Waals surface area (Å²) in [5.74, 6) is 0.764. The molecule has 0 aliphatic carbocycles. The van der Waals surface area contributed by atoms with Gasteiger partial charge in [-0.1, -0.05) is 42.5 Å². The highest BCUT2D eigenvalue weighted by molar-refractivity contribution is 7.11. The molecule has 0 unspecified atom stereocenters. The van der Waals surface area contributed by atoms with E-state index in [0.717, 1.165) is 22.6 Å². The van der Waals surface area contributed by atoms with E-state index >= 15 is 0 Å². The summed E-state index contributed by atoms with van der Waals surface area (Å²) in [5, 5.41) is 12.2. The number of thiazole rings is 1. The third-order valence-corrected chi connectivity index (χ3v) is 4.20. The number of ether oxygens (including phenoxy) is 1. The quantitative estimate of drug-likeness (QED) is 0.644. The van der Waals surface area contributed by atoms with Crippen molar-refractivity contribution in [2.45, 2.75) is 0 Å². The average molecular weight is 318 g/mol. The van der Waals surface area contributed by atoms with Crippen LogP contribution in [-0.2, 0) is 0 Å². The van der Waals surface area contributed by atoms with Gasteiger partial charge >= 0.3 is 0 Å². The van der Waals surface area contributed by atoms with Gasteiger partial charge in [-0.25, -0.2) is 4.98 Å². The van der Waals surface area contributed by atoms with Crippen LogP contribution in [0, 0.1) is 11.3 Å². The fourth-order valence-corrected chi connectivity index (χ4v) is 2.97. The number of methoxy groups -OCH3 is 1. The van der Waals surface area contributed by atoms with Crippen LogP contribution in [0.3, 0.4) is 0 Å². The van der Waals surface area contributed by atoms with Crippen molar-refractivity contribution >= 4 is 23.0 Å². The molecular formula is C19H14N2OS. The molecule has 0 saturated heterocycles. The van der Waals surface area contributed by atoms with Crippen molar-refractivity contribution in [1.29, 1.82) is 5.26 Å². The van der Waals surface area contributed by atoms with E-state index in [1.807, 2.05) is 66.1 Å². The van der Waals surface area contributed by atoms with E-state index in [1.54, 1.807) is 7.11 Å². The number of allylic oxidation sites excluding steroid dienone is 1. The third-order valence-electron chi connectivity index (χ3n) is 3.33. The van der Waals surface area contributed by atoms with Crippen LogP contribution < -0.4 is 4.74 Å². The first-order chi connectivity index (χ1) is 11.3. The predicted molar refractivity (Wildman–Crippen MR) is 94.0 cm³/mol. The summed E-state index contributed by atoms with van der Waals surface area (Å²) in [6.45, 7) is 0. The smallest absolute Gasteiger partial charge is 0.134 e. The Balaban J connectivity index is 1.94. The molecule has 3 nitrogen and oxygen atoms in total. The molecule has 0 amide bonds. The maximum absolute atomic E-state index is 9.46. The van der Waals surface area contributed by atoms with Gasteiger partial charge in [0.2, 0.25) is 0 Å². The Morgan fingerprint density at radius 2 is 2.00 bits per heavy atom. The zero-order valence-electron chi connectivity index (χ0n) is 12.6. The van der Waals surface area contributed by atoms with Gasteiger partial charge in [0.25, 0.3) is 0 Å². The van der Waals surface area contributed by atoms with Gasteiger partial charge < -0.3 is 4.74 Å². The first kappa shape index (κ1) is 15.0. The SMILES string of the molecule is COc1cccc(C=C(C#N)c2nc(-c3ccccc3)cs2)c1. The highest BCUT2D eigenvalue weighted by atomic mass is 32.1. The maximum atomic E-state index is 9.46. The second-order valence-electron chi connectivity index (χ2n) is 4.85. The maximum Gasteiger partial charge on any atom is 0.134 e. The lowest BCUT2D eigenvalue weighted by atomic mass is 10.1. The first-order valence-electron chi connectivity index (χ1n) is 7.07. The standard InChI is InChI=1S/C19H14N2OS/c1-22-17-9-5-6-14(11-17)10-16(12-20)19-21-18(13-23-19)15-7-3-2-4-8-15/h2-11,13H,1H3. The molecule has 0 saturated carbocycles. The summed E-state index contributed by atoms with van der Waals surface area (Å²) in [6.07, 6.45) is 1.83. The number of aromatic nitrogens is 1. The van der Waals surface area contributed by atoms with Crippen molar-refractivity contribution in [2.75, 3.05) is 7.11 Å². The molecule has 1 heterocycles. The zero-order chi connectivity index (χ0) is 16.1. The van der Waals surface area contributed by atoms with E-state index in [1.165, 1.54) is 11.3 Å². The van der Waals surface area contributed by atoms with Crippen molar-refractivity contribution < 1.29 is 4.74 Å². The summed E-state index contributed by atoms with van der Waals surface area (Å²) in [7, 11) is 1.63. The zero-order valence-corrected chi connectivity index (χ0v) is 13.4. The summed E-state index contributed by atoms with van der Waals surface area (Å²) in [4.78, 5) is 4.59. The molecule has 112 valence electrons. The molecule has 1 aromatic heterocycles. The van der Waals surface area contributed by atoms with Gasteiger partial charge in [0, 0.05) is 10.9 Å². The monoisotopic (exact) mass is 318 g/mol. The molecular weight excluding hydrogens is 304 g/mol. The molecule has 2 aromatic carbocycles. The van der Waals surface area contributed by atoms with Gasteiger partial charge in [0.15, 0.2) is 0 Å². The minimum atomic E-state index is 0.547. The molecule has 0 N–H and O–H groups in total. The Morgan fingerprint density at radius 1 is 1.17 bits per heavy atom. The third kappa shape index (κ3) is 3.47. The van der Waals surface area contributed by atoms with E-state index < -0.39 is 0 Å². The Labute approximate surface area is 139 Å². The molecule has 4 heteroatoms. The van der Waals surface area contributed by atoms with Crippen LogP contribution in [0.2, 0.25) is 0 Å². The lowest BCUT2D eigenvalue weighted by Gasteiger charge is -2.00. The summed E-state index contributed by atoms with van der Waals surface area (Å²) >= 11 is 1.47. The molecule has 0 atom stereocenters. The lowest BCUT2D eigenvalue weighted by Crippen LogP contribution is -1.85. The molecule has 3 aromatic rings. The Morgan fingerprint density at radius 3 is 2.74 bits per heavy atom. The molecule has 0 aliphatic rings. The van der Waals surface area contributed by atoms with Gasteiger partial charge in [-0.15, -0.1) is 11.3 Å². The topological polar surface area (TPSA) is 45.9 Å². The van der Waals surface area contributed by atoms with Crippen molar-refractivity contribution in [2.24, 2.45) is 0 Å². The largest absolute Gasteiger partial charge is 0.497 e. The van der Waals surface area contributed by atoms with Crippen LogP contribution in [0.4, 0.5) is 0 Å². The second-order valence-corrected chi connectivity index (χ2v) is 5.71. The van der Waals surface area contributed by atoms with Gasteiger partial charge in [-0.2, -0.15) is 5.26 Å². The molecule has 0 bridgehead atoms. The number of benzene rings is 2. The van der Waals surface area contributed by atoms with E-state index in [4.69, 9.17) is 4.74 Å². The number of hydrogen-bond acceptors (Lipinski definition) is 4. The summed E-state index contributed by atoms with van der Waals surface area (Å²) < 4.78 is 5.21. The normalized spacial score (nSPS) is 11.0. The molecule has 0 radical (unpaired) electrons. The minimum absolute atomic E-state index is 0.547. The predicted octanol–water partition coefficient (Wildman–Crippen LogP) is 4.88. The van der Waals surface area contributed by atoms with E-state index in [9.17, 15) is 5.26 Å². The summed E-state index contributed by atoms with van der Waals surface area (Å²) in [6, 6.07) is 19.8. The van der Waals surface area contributed by atoms with E-state index in [0.29, 0.717) is 10.6 Å². The fraction of sp³-hybridized carbons (Fsp3) is 0.0526. The van der Waals surface area contributed by atoms with Gasteiger partial charge in [-0.3, -0.25) is 0 Å². The van der Waals surface area contributed by atoms with E-state index in [-0.39, 0.29) is 0 Å². The van der Waals surface area contributed by atoms with Crippen LogP contribution in [0.1, 0.15) is 10.6 Å². The van der Waals surface area contributed by atoms with Crippen molar-refractivity contribution in [3.63, 3.8) is 0 Å². The highest BCUT2D eigenvalue weighted by Gasteiger charge is 2.09. The van der Waals surface area contributed by atoms with Gasteiger partial charge in [0.05, 0.1) is 18.4 Å². The van der Waals surface area contributed by atoms with Crippen molar-refractivity contribution in [3.05, 3.63) is 70.5 Å². The van der Waals surface area contributed by atoms with Crippen molar-refractivity contribution in [3.8, 4) is 23.1 Å². The highest BCUT2D eigenvalue weighted by Crippen LogP contribution is 2.27. The molecule has 0 fully saturated rings. The average Bonchev–Trinajstić information content (AvgIpc) is 3.10. The van der Waals surface area contributed by atoms with Gasteiger partial charge in [-0.05, 0) is 23.8 Å². The molecule has 0 spiro atoms. The van der Waals surface area contributed by atoms with Crippen LogP contribution >= 0.6 is 11.3 Å². The van der Waals surface area contributed by atoms with Crippen LogP contribution in [-0.4, -0.2) is 12.1 Å². The Bertz CT molecular complexity index is 876. The van der Waals surface area contributed by atoms with Gasteiger partial charge in [0.1, 0.15) is 16.8 Å². The molecule has 3 rings (SSSR count). The Hall–Kier alpha value is -2.90. The summed E-state index contributed by atoms with van der Waals surface area (Å²) in [5.41, 5.74) is 3.40.